The van der Waals surface area contributed by atoms with Crippen molar-refractivity contribution < 1.29 is 13.2 Å². The highest BCUT2D eigenvalue weighted by Crippen LogP contribution is 2.09. The number of carbonyl (C=O) groups excluding carboxylic acids is 1. The standard InChI is InChI=1S/C9H7N.C4H8N2O.C4H9NO2S.C2H6.2CH4/c1-2-6-9-8(4-1)5-3-7-10-9;1-6-3-2-5-4(6)7;1-5-3-2-4-8(5,6)7;1-2;;/h1-7H;2-3H2,1H3,(H,5,7);2-4H2,1H3;1-2H3;2*1H4. The highest BCUT2D eigenvalue weighted by Gasteiger charge is 2.23. The molecule has 0 aliphatic carbocycles. The summed E-state index contributed by atoms with van der Waals surface area (Å²) in [5, 5.41) is 3.86. The highest BCUT2D eigenvalue weighted by molar-refractivity contribution is 7.89. The van der Waals surface area contributed by atoms with Crippen molar-refractivity contribution in [3.63, 3.8) is 0 Å². The van der Waals surface area contributed by atoms with Gasteiger partial charge in [-0.2, -0.15) is 0 Å². The van der Waals surface area contributed by atoms with Crippen LogP contribution in [0.4, 0.5) is 4.79 Å². The number of aromatic nitrogens is 1. The zero-order valence-corrected chi connectivity index (χ0v) is 17.4. The van der Waals surface area contributed by atoms with Crippen LogP contribution in [0.1, 0.15) is 35.1 Å². The number of likely N-dealkylation sites (N-methyl/N-ethyl adjacent to an activating group) is 1. The second-order valence-electron chi connectivity index (χ2n) is 5.84. The molecule has 0 radical (unpaired) electrons. The fourth-order valence-electron chi connectivity index (χ4n) is 2.35. The summed E-state index contributed by atoms with van der Waals surface area (Å²) < 4.78 is 22.8. The molecule has 1 aromatic carbocycles. The van der Waals surface area contributed by atoms with E-state index in [2.05, 4.69) is 22.4 Å². The molecule has 0 spiro atoms. The van der Waals surface area contributed by atoms with Gasteiger partial charge in [-0.05, 0) is 18.6 Å². The van der Waals surface area contributed by atoms with Crippen LogP contribution in [-0.2, 0) is 10.0 Å². The van der Waals surface area contributed by atoms with E-state index in [1.54, 1.807) is 19.0 Å². The minimum Gasteiger partial charge on any atom is -0.336 e. The molecule has 2 fully saturated rings. The number of benzene rings is 1. The zero-order chi connectivity index (χ0) is 20.3. The van der Waals surface area contributed by atoms with E-state index in [9.17, 15) is 13.2 Å². The number of urea groups is 1. The number of hydrogen-bond donors (Lipinski definition) is 1. The van der Waals surface area contributed by atoms with E-state index in [-0.39, 0.29) is 20.9 Å². The lowest BCUT2D eigenvalue weighted by Gasteiger charge is -2.02. The molecule has 2 amide bonds. The van der Waals surface area contributed by atoms with Gasteiger partial charge in [-0.15, -0.1) is 0 Å². The third-order valence-electron chi connectivity index (χ3n) is 3.93. The van der Waals surface area contributed by atoms with Gasteiger partial charge in [0.15, 0.2) is 0 Å². The number of pyridine rings is 1. The van der Waals surface area contributed by atoms with Crippen LogP contribution >= 0.6 is 0 Å². The molecular formula is C21H38N4O3S. The lowest BCUT2D eigenvalue weighted by Crippen LogP contribution is -2.23. The van der Waals surface area contributed by atoms with Crippen molar-refractivity contribution >= 4 is 27.0 Å². The van der Waals surface area contributed by atoms with Crippen LogP contribution in [0.15, 0.2) is 42.6 Å². The lowest BCUT2D eigenvalue weighted by atomic mass is 10.2. The number of nitrogens with zero attached hydrogens (tertiary/aromatic N) is 3. The number of nitrogens with one attached hydrogen (secondary N) is 1. The van der Waals surface area contributed by atoms with Gasteiger partial charge in [0.25, 0.3) is 0 Å². The maximum atomic E-state index is 10.7. The fourth-order valence-corrected chi connectivity index (χ4v) is 3.56. The quantitative estimate of drug-likeness (QED) is 0.694. The lowest BCUT2D eigenvalue weighted by molar-refractivity contribution is 0.226. The van der Waals surface area contributed by atoms with E-state index in [1.165, 1.54) is 9.69 Å². The van der Waals surface area contributed by atoms with E-state index in [0.29, 0.717) is 12.3 Å². The molecular weight excluding hydrogens is 388 g/mol. The Morgan fingerprint density at radius 1 is 1.00 bits per heavy atom. The maximum Gasteiger partial charge on any atom is 0.317 e. The summed E-state index contributed by atoms with van der Waals surface area (Å²) >= 11 is 0. The Hall–Kier alpha value is -2.19. The van der Waals surface area contributed by atoms with Crippen molar-refractivity contribution in [3.8, 4) is 0 Å². The number of rotatable bonds is 0. The Morgan fingerprint density at radius 2 is 1.62 bits per heavy atom. The van der Waals surface area contributed by atoms with Gasteiger partial charge in [-0.25, -0.2) is 17.5 Å². The molecule has 0 atom stereocenters. The molecule has 0 unspecified atom stereocenters. The van der Waals surface area contributed by atoms with Gasteiger partial charge in [-0.3, -0.25) is 4.98 Å². The fraction of sp³-hybridized carbons (Fsp3) is 0.524. The van der Waals surface area contributed by atoms with Gasteiger partial charge >= 0.3 is 6.03 Å². The van der Waals surface area contributed by atoms with Crippen LogP contribution < -0.4 is 5.32 Å². The Bertz CT molecular complexity index is 747. The molecule has 0 saturated carbocycles. The summed E-state index contributed by atoms with van der Waals surface area (Å²) in [6.07, 6.45) is 2.60. The van der Waals surface area contributed by atoms with E-state index in [0.717, 1.165) is 25.0 Å². The summed E-state index contributed by atoms with van der Waals surface area (Å²) in [7, 11) is 0.602. The van der Waals surface area contributed by atoms with E-state index < -0.39 is 10.0 Å². The number of amides is 2. The minimum atomic E-state index is -2.79. The van der Waals surface area contributed by atoms with Crippen LogP contribution in [0.3, 0.4) is 0 Å². The molecule has 1 N–H and O–H groups in total. The van der Waals surface area contributed by atoms with Crippen molar-refractivity contribution in [3.05, 3.63) is 42.6 Å². The summed E-state index contributed by atoms with van der Waals surface area (Å²) in [5.74, 6) is 0.337. The molecule has 29 heavy (non-hydrogen) atoms. The molecule has 2 aliphatic heterocycles. The average Bonchev–Trinajstić information content (AvgIpc) is 3.21. The number of para-hydroxylation sites is 1. The van der Waals surface area contributed by atoms with Crippen molar-refractivity contribution in [1.82, 2.24) is 19.5 Å². The largest absolute Gasteiger partial charge is 0.336 e. The molecule has 166 valence electrons. The first-order valence-electron chi connectivity index (χ1n) is 9.13. The maximum absolute atomic E-state index is 10.7. The third kappa shape index (κ3) is 9.71. The van der Waals surface area contributed by atoms with Crippen molar-refractivity contribution in [2.75, 3.05) is 39.5 Å². The molecule has 2 aromatic rings. The van der Waals surface area contributed by atoms with E-state index >= 15 is 0 Å². The van der Waals surface area contributed by atoms with Crippen LogP contribution in [0.25, 0.3) is 10.9 Å². The minimum absolute atomic E-state index is 0. The highest BCUT2D eigenvalue weighted by atomic mass is 32.2. The first-order valence-corrected chi connectivity index (χ1v) is 10.7. The first-order chi connectivity index (χ1) is 12.9. The predicted molar refractivity (Wildman–Crippen MR) is 124 cm³/mol. The number of sulfonamides is 1. The monoisotopic (exact) mass is 426 g/mol. The summed E-state index contributed by atoms with van der Waals surface area (Å²) in [5.41, 5.74) is 1.06. The van der Waals surface area contributed by atoms with Crippen molar-refractivity contribution in [2.24, 2.45) is 0 Å². The summed E-state index contributed by atoms with van der Waals surface area (Å²) in [6, 6.07) is 12.1. The molecule has 1 aromatic heterocycles. The van der Waals surface area contributed by atoms with E-state index in [1.807, 2.05) is 44.3 Å². The van der Waals surface area contributed by atoms with Gasteiger partial charge < -0.3 is 10.2 Å². The van der Waals surface area contributed by atoms with Crippen molar-refractivity contribution in [2.45, 2.75) is 35.1 Å². The topological polar surface area (TPSA) is 82.6 Å². The third-order valence-corrected chi connectivity index (χ3v) is 5.87. The van der Waals surface area contributed by atoms with Crippen molar-refractivity contribution in [1.29, 1.82) is 0 Å². The average molecular weight is 427 g/mol. The number of carbonyl (C=O) groups is 1. The molecule has 2 aliphatic rings. The molecule has 3 heterocycles. The Morgan fingerprint density at radius 3 is 2.00 bits per heavy atom. The smallest absolute Gasteiger partial charge is 0.317 e. The first kappa shape index (κ1) is 29.0. The molecule has 7 nitrogen and oxygen atoms in total. The second-order valence-corrected chi connectivity index (χ2v) is 8.04. The van der Waals surface area contributed by atoms with E-state index in [4.69, 9.17) is 0 Å². The van der Waals surface area contributed by atoms with Gasteiger partial charge in [0.1, 0.15) is 0 Å². The normalized spacial score (nSPS) is 16.4. The van der Waals surface area contributed by atoms with Crippen LogP contribution in [0, 0.1) is 0 Å². The van der Waals surface area contributed by atoms with Crippen LogP contribution in [0.2, 0.25) is 0 Å². The predicted octanol–water partition coefficient (Wildman–Crippen LogP) is 3.83. The summed E-state index contributed by atoms with van der Waals surface area (Å²) in [6.45, 7) is 6.34. The van der Waals surface area contributed by atoms with Gasteiger partial charge in [0.2, 0.25) is 10.0 Å². The Balaban J connectivity index is 0. The van der Waals surface area contributed by atoms with Gasteiger partial charge in [-0.1, -0.05) is 53.0 Å². The molecule has 0 bridgehead atoms. The molecule has 2 saturated heterocycles. The van der Waals surface area contributed by atoms with Gasteiger partial charge in [0, 0.05) is 45.3 Å². The zero-order valence-electron chi connectivity index (χ0n) is 16.6. The number of fused-ring (bicyclic) bond motifs is 1. The Labute approximate surface area is 177 Å². The second kappa shape index (κ2) is 14.8. The summed E-state index contributed by atoms with van der Waals surface area (Å²) in [4.78, 5) is 16.2. The van der Waals surface area contributed by atoms with Crippen LogP contribution in [-0.4, -0.2) is 68.1 Å². The number of hydrogen-bond acceptors (Lipinski definition) is 4. The van der Waals surface area contributed by atoms with Gasteiger partial charge in [0.05, 0.1) is 11.3 Å². The Kier molecular flexibility index (Phi) is 14.8. The molecule has 8 heteroatoms. The molecule has 4 rings (SSSR count). The van der Waals surface area contributed by atoms with Crippen LogP contribution in [0.5, 0.6) is 0 Å². The SMILES string of the molecule is C.C.CC.CN1CCCS1(=O)=O.CN1CCNC1=O.c1ccc2ncccc2c1.